The van der Waals surface area contributed by atoms with Gasteiger partial charge in [-0.3, -0.25) is 4.68 Å². The van der Waals surface area contributed by atoms with Gasteiger partial charge in [0, 0.05) is 31.0 Å². The summed E-state index contributed by atoms with van der Waals surface area (Å²) in [5.41, 5.74) is 9.11. The fraction of sp³-hybridized carbons (Fsp3) is 0.438. The highest BCUT2D eigenvalue weighted by Gasteiger charge is 2.08. The van der Waals surface area contributed by atoms with Crippen LogP contribution in [0.15, 0.2) is 36.5 Å². The summed E-state index contributed by atoms with van der Waals surface area (Å²) in [6.45, 7) is 8.82. The van der Waals surface area contributed by atoms with Gasteiger partial charge < -0.3 is 10.6 Å². The van der Waals surface area contributed by atoms with Gasteiger partial charge in [0.1, 0.15) is 0 Å². The Hall–Kier alpha value is -1.81. The van der Waals surface area contributed by atoms with Crippen LogP contribution in [0, 0.1) is 0 Å². The van der Waals surface area contributed by atoms with Crippen molar-refractivity contribution >= 4 is 5.69 Å². The van der Waals surface area contributed by atoms with E-state index in [1.54, 1.807) is 0 Å². The molecule has 4 nitrogen and oxygen atoms in total. The van der Waals surface area contributed by atoms with E-state index in [2.05, 4.69) is 61.1 Å². The molecule has 2 rings (SSSR count). The van der Waals surface area contributed by atoms with Gasteiger partial charge in [-0.15, -0.1) is 0 Å². The molecule has 2 N–H and O–H groups in total. The minimum absolute atomic E-state index is 0.405. The van der Waals surface area contributed by atoms with Gasteiger partial charge in [0.05, 0.1) is 12.2 Å². The lowest BCUT2D eigenvalue weighted by Gasteiger charge is -2.22. The molecule has 0 saturated carbocycles. The second-order valence-electron chi connectivity index (χ2n) is 5.27. The Morgan fingerprint density at radius 1 is 1.20 bits per heavy atom. The SMILES string of the molecule is CCN(Cc1ccn(C(C)C)n1)c1ccc(CN)cc1. The molecule has 0 amide bonds. The maximum Gasteiger partial charge on any atom is 0.0817 e. The monoisotopic (exact) mass is 272 g/mol. The van der Waals surface area contributed by atoms with E-state index >= 15 is 0 Å². The van der Waals surface area contributed by atoms with Crippen LogP contribution in [0.5, 0.6) is 0 Å². The molecule has 0 fully saturated rings. The fourth-order valence-electron chi connectivity index (χ4n) is 2.17. The first kappa shape index (κ1) is 14.6. The Morgan fingerprint density at radius 2 is 1.90 bits per heavy atom. The maximum absolute atomic E-state index is 5.64. The molecule has 0 radical (unpaired) electrons. The van der Waals surface area contributed by atoms with Crippen LogP contribution >= 0.6 is 0 Å². The van der Waals surface area contributed by atoms with Crippen LogP contribution in [0.25, 0.3) is 0 Å². The highest BCUT2D eigenvalue weighted by atomic mass is 15.3. The first-order valence-electron chi connectivity index (χ1n) is 7.22. The van der Waals surface area contributed by atoms with E-state index in [1.807, 2.05) is 10.9 Å². The van der Waals surface area contributed by atoms with Crippen molar-refractivity contribution in [3.05, 3.63) is 47.8 Å². The minimum Gasteiger partial charge on any atom is -0.366 e. The van der Waals surface area contributed by atoms with Crippen LogP contribution in [-0.2, 0) is 13.1 Å². The van der Waals surface area contributed by atoms with Crippen molar-refractivity contribution in [3.63, 3.8) is 0 Å². The number of rotatable bonds is 6. The third kappa shape index (κ3) is 3.39. The van der Waals surface area contributed by atoms with Gasteiger partial charge in [-0.1, -0.05) is 12.1 Å². The van der Waals surface area contributed by atoms with Gasteiger partial charge >= 0.3 is 0 Å². The zero-order valence-corrected chi connectivity index (χ0v) is 12.6. The highest BCUT2D eigenvalue weighted by molar-refractivity contribution is 5.47. The lowest BCUT2D eigenvalue weighted by Crippen LogP contribution is -2.22. The number of anilines is 1. The van der Waals surface area contributed by atoms with Gasteiger partial charge in [-0.2, -0.15) is 5.10 Å². The summed E-state index contributed by atoms with van der Waals surface area (Å²) in [5, 5.41) is 4.61. The molecule has 2 aromatic rings. The van der Waals surface area contributed by atoms with Crippen molar-refractivity contribution in [3.8, 4) is 0 Å². The van der Waals surface area contributed by atoms with Gasteiger partial charge in [0.2, 0.25) is 0 Å². The molecule has 20 heavy (non-hydrogen) atoms. The molecule has 108 valence electrons. The zero-order valence-electron chi connectivity index (χ0n) is 12.6. The molecule has 4 heteroatoms. The van der Waals surface area contributed by atoms with Crippen LogP contribution in [-0.4, -0.2) is 16.3 Å². The molecule has 0 unspecified atom stereocenters. The first-order valence-corrected chi connectivity index (χ1v) is 7.22. The van der Waals surface area contributed by atoms with Gasteiger partial charge in [-0.05, 0) is 44.5 Å². The molecule has 0 spiro atoms. The van der Waals surface area contributed by atoms with Crippen molar-refractivity contribution in [2.75, 3.05) is 11.4 Å². The number of benzene rings is 1. The van der Waals surface area contributed by atoms with Crippen LogP contribution in [0.4, 0.5) is 5.69 Å². The first-order chi connectivity index (χ1) is 9.63. The van der Waals surface area contributed by atoms with Crippen molar-refractivity contribution < 1.29 is 0 Å². The predicted molar refractivity (Wildman–Crippen MR) is 83.7 cm³/mol. The van der Waals surface area contributed by atoms with E-state index in [0.717, 1.165) is 24.3 Å². The summed E-state index contributed by atoms with van der Waals surface area (Å²) >= 11 is 0. The standard InChI is InChI=1S/C16H24N4/c1-4-19(16-7-5-14(11-17)6-8-16)12-15-9-10-20(18-15)13(2)3/h5-10,13H,4,11-12,17H2,1-3H3. The predicted octanol–water partition coefficient (Wildman–Crippen LogP) is 2.95. The summed E-state index contributed by atoms with van der Waals surface area (Å²) < 4.78 is 2.00. The molecule has 1 aromatic carbocycles. The van der Waals surface area contributed by atoms with Crippen molar-refractivity contribution in [1.29, 1.82) is 0 Å². The molecular formula is C16H24N4. The Morgan fingerprint density at radius 3 is 2.40 bits per heavy atom. The van der Waals surface area contributed by atoms with Crippen molar-refractivity contribution in [2.45, 2.75) is 39.9 Å². The van der Waals surface area contributed by atoms with E-state index in [0.29, 0.717) is 12.6 Å². The summed E-state index contributed by atoms with van der Waals surface area (Å²) in [6, 6.07) is 10.9. The van der Waals surface area contributed by atoms with E-state index in [4.69, 9.17) is 5.73 Å². The molecule has 0 aliphatic rings. The molecular weight excluding hydrogens is 248 g/mol. The fourth-order valence-corrected chi connectivity index (χ4v) is 2.17. The van der Waals surface area contributed by atoms with E-state index < -0.39 is 0 Å². The van der Waals surface area contributed by atoms with Crippen molar-refractivity contribution in [2.24, 2.45) is 5.73 Å². The lowest BCUT2D eigenvalue weighted by molar-refractivity contribution is 0.525. The van der Waals surface area contributed by atoms with Gasteiger partial charge in [-0.25, -0.2) is 0 Å². The quantitative estimate of drug-likeness (QED) is 0.879. The molecule has 0 saturated heterocycles. The Balaban J connectivity index is 2.10. The number of hydrogen-bond acceptors (Lipinski definition) is 3. The Labute approximate surface area is 121 Å². The number of aromatic nitrogens is 2. The highest BCUT2D eigenvalue weighted by Crippen LogP contribution is 2.17. The average molecular weight is 272 g/mol. The normalized spacial score (nSPS) is 11.1. The van der Waals surface area contributed by atoms with E-state index in [-0.39, 0.29) is 0 Å². The van der Waals surface area contributed by atoms with Crippen molar-refractivity contribution in [1.82, 2.24) is 9.78 Å². The van der Waals surface area contributed by atoms with Crippen LogP contribution < -0.4 is 10.6 Å². The summed E-state index contributed by atoms with van der Waals surface area (Å²) in [4.78, 5) is 2.31. The smallest absolute Gasteiger partial charge is 0.0817 e. The lowest BCUT2D eigenvalue weighted by atomic mass is 10.2. The van der Waals surface area contributed by atoms with E-state index in [9.17, 15) is 0 Å². The zero-order chi connectivity index (χ0) is 14.5. The van der Waals surface area contributed by atoms with Crippen LogP contribution in [0.2, 0.25) is 0 Å². The molecule has 0 aliphatic carbocycles. The number of nitrogens with two attached hydrogens (primary N) is 1. The third-order valence-electron chi connectivity index (χ3n) is 3.46. The number of nitrogens with zero attached hydrogens (tertiary/aromatic N) is 3. The topological polar surface area (TPSA) is 47.1 Å². The van der Waals surface area contributed by atoms with Crippen LogP contribution in [0.1, 0.15) is 38.1 Å². The second-order valence-corrected chi connectivity index (χ2v) is 5.27. The Kier molecular flexibility index (Phi) is 4.79. The maximum atomic E-state index is 5.64. The summed E-state index contributed by atoms with van der Waals surface area (Å²) in [6.07, 6.45) is 2.05. The molecule has 0 aliphatic heterocycles. The molecule has 1 aromatic heterocycles. The van der Waals surface area contributed by atoms with Gasteiger partial charge in [0.25, 0.3) is 0 Å². The van der Waals surface area contributed by atoms with Crippen LogP contribution in [0.3, 0.4) is 0 Å². The molecule has 0 bridgehead atoms. The largest absolute Gasteiger partial charge is 0.366 e. The van der Waals surface area contributed by atoms with Gasteiger partial charge in [0.15, 0.2) is 0 Å². The summed E-state index contributed by atoms with van der Waals surface area (Å²) in [5.74, 6) is 0. The van der Waals surface area contributed by atoms with E-state index in [1.165, 1.54) is 5.69 Å². The molecule has 0 atom stereocenters. The molecule has 1 heterocycles. The third-order valence-corrected chi connectivity index (χ3v) is 3.46. The second kappa shape index (κ2) is 6.57. The summed E-state index contributed by atoms with van der Waals surface area (Å²) in [7, 11) is 0. The Bertz CT molecular complexity index is 528. The number of hydrogen-bond donors (Lipinski definition) is 1. The minimum atomic E-state index is 0.405. The average Bonchev–Trinajstić information content (AvgIpc) is 2.94.